The normalized spacial score (nSPS) is 13.3. The standard InChI is InChI=1S/C29H31N3O3/c1-3-30-20-24(27(31-15-7-8-16-31)28(30)29(33)32-17-9-10-18-32)23-13-14-25(34-2)26(19-23)35-21-22-11-5-4-6-12-22/h4-8,11-16,19-20H,3,9-10,17-18,21H2,1-2H3. The van der Waals surface area contributed by atoms with Crippen LogP contribution in [0.15, 0.2) is 79.3 Å². The Morgan fingerprint density at radius 2 is 1.69 bits per heavy atom. The maximum absolute atomic E-state index is 13.7. The molecule has 0 saturated carbocycles. The number of nitrogens with zero attached hydrogens (tertiary/aromatic N) is 3. The molecule has 4 aromatic rings. The van der Waals surface area contributed by atoms with Crippen LogP contribution in [0.25, 0.3) is 16.8 Å². The van der Waals surface area contributed by atoms with Gasteiger partial charge in [0.15, 0.2) is 11.5 Å². The lowest BCUT2D eigenvalue weighted by Gasteiger charge is -2.18. The maximum Gasteiger partial charge on any atom is 0.272 e. The molecule has 1 fully saturated rings. The number of benzene rings is 2. The molecule has 2 aromatic heterocycles. The van der Waals surface area contributed by atoms with Crippen LogP contribution >= 0.6 is 0 Å². The smallest absolute Gasteiger partial charge is 0.272 e. The van der Waals surface area contributed by atoms with Crippen LogP contribution in [0.3, 0.4) is 0 Å². The van der Waals surface area contributed by atoms with E-state index in [0.29, 0.717) is 24.7 Å². The Labute approximate surface area is 206 Å². The number of carbonyl (C=O) groups excluding carboxylic acids is 1. The van der Waals surface area contributed by atoms with Crippen LogP contribution < -0.4 is 9.47 Å². The zero-order valence-corrected chi connectivity index (χ0v) is 20.3. The van der Waals surface area contributed by atoms with Gasteiger partial charge in [0, 0.05) is 43.8 Å². The second-order valence-electron chi connectivity index (χ2n) is 8.76. The van der Waals surface area contributed by atoms with Gasteiger partial charge in [-0.15, -0.1) is 0 Å². The Hall–Kier alpha value is -3.93. The van der Waals surface area contributed by atoms with Crippen LogP contribution in [-0.4, -0.2) is 40.1 Å². The van der Waals surface area contributed by atoms with Gasteiger partial charge in [-0.05, 0) is 55.2 Å². The minimum Gasteiger partial charge on any atom is -0.493 e. The molecule has 2 aromatic carbocycles. The lowest BCUT2D eigenvalue weighted by atomic mass is 10.1. The average molecular weight is 470 g/mol. The molecule has 0 radical (unpaired) electrons. The van der Waals surface area contributed by atoms with Gasteiger partial charge in [0.2, 0.25) is 0 Å². The molecule has 180 valence electrons. The molecular weight excluding hydrogens is 438 g/mol. The van der Waals surface area contributed by atoms with Crippen molar-refractivity contribution in [1.82, 2.24) is 14.0 Å². The molecule has 3 heterocycles. The summed E-state index contributed by atoms with van der Waals surface area (Å²) in [4.78, 5) is 15.6. The third-order valence-corrected chi connectivity index (χ3v) is 6.56. The minimum absolute atomic E-state index is 0.0911. The van der Waals surface area contributed by atoms with Crippen LogP contribution in [0.4, 0.5) is 0 Å². The number of aryl methyl sites for hydroxylation is 1. The molecule has 5 rings (SSSR count). The van der Waals surface area contributed by atoms with Crippen LogP contribution in [0.5, 0.6) is 11.5 Å². The van der Waals surface area contributed by atoms with Crippen molar-refractivity contribution in [3.63, 3.8) is 0 Å². The summed E-state index contributed by atoms with van der Waals surface area (Å²) in [5.41, 5.74) is 4.66. The molecule has 1 aliphatic heterocycles. The SMILES string of the molecule is CCn1cc(-c2ccc(OC)c(OCc3ccccc3)c2)c(-n2cccc2)c1C(=O)N1CCCC1. The third-order valence-electron chi connectivity index (χ3n) is 6.56. The van der Waals surface area contributed by atoms with Crippen molar-refractivity contribution in [1.29, 1.82) is 0 Å². The van der Waals surface area contributed by atoms with E-state index in [-0.39, 0.29) is 5.91 Å². The highest BCUT2D eigenvalue weighted by Gasteiger charge is 2.28. The number of carbonyl (C=O) groups is 1. The molecule has 0 N–H and O–H groups in total. The number of methoxy groups -OCH3 is 1. The van der Waals surface area contributed by atoms with E-state index in [0.717, 1.165) is 54.0 Å². The first-order valence-corrected chi connectivity index (χ1v) is 12.2. The van der Waals surface area contributed by atoms with Crippen LogP contribution in [0.2, 0.25) is 0 Å². The van der Waals surface area contributed by atoms with Gasteiger partial charge in [-0.3, -0.25) is 4.79 Å². The largest absolute Gasteiger partial charge is 0.493 e. The summed E-state index contributed by atoms with van der Waals surface area (Å²) in [6.07, 6.45) is 8.20. The molecule has 0 atom stereocenters. The van der Waals surface area contributed by atoms with Crippen molar-refractivity contribution >= 4 is 5.91 Å². The molecule has 1 amide bonds. The van der Waals surface area contributed by atoms with E-state index in [1.54, 1.807) is 7.11 Å². The molecular formula is C29H31N3O3. The number of amides is 1. The van der Waals surface area contributed by atoms with E-state index >= 15 is 0 Å². The van der Waals surface area contributed by atoms with Gasteiger partial charge in [0.25, 0.3) is 5.91 Å². The van der Waals surface area contributed by atoms with E-state index in [9.17, 15) is 4.79 Å². The third kappa shape index (κ3) is 4.56. The van der Waals surface area contributed by atoms with Gasteiger partial charge >= 0.3 is 0 Å². The highest BCUT2D eigenvalue weighted by Crippen LogP contribution is 2.38. The second kappa shape index (κ2) is 10.1. The summed E-state index contributed by atoms with van der Waals surface area (Å²) in [6, 6.07) is 20.0. The number of hydrogen-bond donors (Lipinski definition) is 0. The van der Waals surface area contributed by atoms with Crippen molar-refractivity contribution in [3.05, 3.63) is 90.5 Å². The topological polar surface area (TPSA) is 48.6 Å². The second-order valence-corrected chi connectivity index (χ2v) is 8.76. The molecule has 0 spiro atoms. The molecule has 0 unspecified atom stereocenters. The zero-order valence-electron chi connectivity index (χ0n) is 20.3. The number of ether oxygens (including phenoxy) is 2. The maximum atomic E-state index is 13.7. The number of likely N-dealkylation sites (tertiary alicyclic amines) is 1. The van der Waals surface area contributed by atoms with Crippen molar-refractivity contribution < 1.29 is 14.3 Å². The fraction of sp³-hybridized carbons (Fsp3) is 0.276. The predicted molar refractivity (Wildman–Crippen MR) is 137 cm³/mol. The van der Waals surface area contributed by atoms with Crippen molar-refractivity contribution in [3.8, 4) is 28.3 Å². The monoisotopic (exact) mass is 469 g/mol. The minimum atomic E-state index is 0.0911. The van der Waals surface area contributed by atoms with E-state index in [4.69, 9.17) is 9.47 Å². The lowest BCUT2D eigenvalue weighted by Crippen LogP contribution is -2.30. The van der Waals surface area contributed by atoms with Gasteiger partial charge in [-0.1, -0.05) is 36.4 Å². The quantitative estimate of drug-likeness (QED) is 0.328. The van der Waals surface area contributed by atoms with Gasteiger partial charge in [0.05, 0.1) is 12.8 Å². The average Bonchev–Trinajstić information content (AvgIpc) is 3.68. The Morgan fingerprint density at radius 3 is 2.37 bits per heavy atom. The van der Waals surface area contributed by atoms with Crippen molar-refractivity contribution in [2.24, 2.45) is 0 Å². The number of rotatable bonds is 8. The molecule has 6 heteroatoms. The summed E-state index contributed by atoms with van der Waals surface area (Å²) in [5, 5.41) is 0. The first-order chi connectivity index (χ1) is 17.2. The van der Waals surface area contributed by atoms with Gasteiger partial charge in [-0.25, -0.2) is 0 Å². The van der Waals surface area contributed by atoms with E-state index in [1.165, 1.54) is 0 Å². The Bertz CT molecular complexity index is 1290. The first-order valence-electron chi connectivity index (χ1n) is 12.2. The molecule has 1 aliphatic rings. The van der Waals surface area contributed by atoms with Crippen molar-refractivity contribution in [2.75, 3.05) is 20.2 Å². The Balaban J connectivity index is 1.59. The summed E-state index contributed by atoms with van der Waals surface area (Å²) in [5.74, 6) is 1.44. The summed E-state index contributed by atoms with van der Waals surface area (Å²) in [7, 11) is 1.65. The van der Waals surface area contributed by atoms with Crippen LogP contribution in [0, 0.1) is 0 Å². The molecule has 0 aliphatic carbocycles. The van der Waals surface area contributed by atoms with E-state index < -0.39 is 0 Å². The van der Waals surface area contributed by atoms with Crippen LogP contribution in [0.1, 0.15) is 35.8 Å². The van der Waals surface area contributed by atoms with Crippen LogP contribution in [-0.2, 0) is 13.2 Å². The van der Waals surface area contributed by atoms with Gasteiger partial charge in [0.1, 0.15) is 12.3 Å². The van der Waals surface area contributed by atoms with Gasteiger partial charge < -0.3 is 23.5 Å². The zero-order chi connectivity index (χ0) is 24.2. The summed E-state index contributed by atoms with van der Waals surface area (Å²) < 4.78 is 15.9. The van der Waals surface area contributed by atoms with E-state index in [1.807, 2.05) is 82.5 Å². The molecule has 6 nitrogen and oxygen atoms in total. The fourth-order valence-electron chi connectivity index (χ4n) is 4.74. The Kier molecular flexibility index (Phi) is 6.62. The lowest BCUT2D eigenvalue weighted by molar-refractivity contribution is 0.0782. The predicted octanol–water partition coefficient (Wildman–Crippen LogP) is 5.79. The summed E-state index contributed by atoms with van der Waals surface area (Å²) >= 11 is 0. The van der Waals surface area contributed by atoms with Crippen molar-refractivity contribution in [2.45, 2.75) is 32.9 Å². The Morgan fingerprint density at radius 1 is 0.943 bits per heavy atom. The molecule has 0 bridgehead atoms. The fourth-order valence-corrected chi connectivity index (χ4v) is 4.74. The number of hydrogen-bond acceptors (Lipinski definition) is 3. The highest BCUT2D eigenvalue weighted by atomic mass is 16.5. The highest BCUT2D eigenvalue weighted by molar-refractivity contribution is 6.00. The van der Waals surface area contributed by atoms with E-state index in [2.05, 4.69) is 17.7 Å². The molecule has 1 saturated heterocycles. The summed E-state index contributed by atoms with van der Waals surface area (Å²) in [6.45, 7) is 4.85. The molecule has 35 heavy (non-hydrogen) atoms. The number of aromatic nitrogens is 2. The van der Waals surface area contributed by atoms with Gasteiger partial charge in [-0.2, -0.15) is 0 Å². The first kappa shape index (κ1) is 22.8.